The summed E-state index contributed by atoms with van der Waals surface area (Å²) in [7, 11) is 0. The van der Waals surface area contributed by atoms with E-state index in [1.54, 1.807) is 0 Å². The molecule has 2 aromatic carbocycles. The second-order valence-electron chi connectivity index (χ2n) is 9.92. The smallest absolute Gasteiger partial charge is 0.128 e. The monoisotopic (exact) mass is 345 g/mol. The first-order chi connectivity index (χ1) is 12.3. The van der Waals surface area contributed by atoms with Gasteiger partial charge in [0.15, 0.2) is 0 Å². The third kappa shape index (κ3) is 1.52. The topological polar surface area (TPSA) is 25.0 Å². The van der Waals surface area contributed by atoms with Crippen molar-refractivity contribution in [2.24, 2.45) is 17.3 Å². The first-order valence-corrected chi connectivity index (χ1v) is 10.1. The van der Waals surface area contributed by atoms with Crippen molar-refractivity contribution in [1.29, 1.82) is 0 Å². The highest BCUT2D eigenvalue weighted by molar-refractivity contribution is 6.09. The van der Waals surface area contributed by atoms with Crippen LogP contribution in [0.2, 0.25) is 0 Å². The second-order valence-corrected chi connectivity index (χ2v) is 9.92. The summed E-state index contributed by atoms with van der Waals surface area (Å²) in [6.07, 6.45) is 2.51. The van der Waals surface area contributed by atoms with Gasteiger partial charge in [0.05, 0.1) is 5.52 Å². The quantitative estimate of drug-likeness (QED) is 0.512. The predicted octanol–water partition coefficient (Wildman–Crippen LogP) is 6.24. The number of nitrogens with one attached hydrogen (secondary N) is 1. The number of ether oxygens (including phenoxy) is 1. The molecule has 0 spiro atoms. The van der Waals surface area contributed by atoms with Gasteiger partial charge in [0.25, 0.3) is 0 Å². The van der Waals surface area contributed by atoms with Crippen molar-refractivity contribution in [2.45, 2.75) is 59.0 Å². The van der Waals surface area contributed by atoms with Gasteiger partial charge in [-0.25, -0.2) is 0 Å². The molecule has 2 fully saturated rings. The summed E-state index contributed by atoms with van der Waals surface area (Å²) in [5.74, 6) is 3.23. The molecule has 6 rings (SSSR count). The minimum Gasteiger partial charge on any atom is -0.487 e. The van der Waals surface area contributed by atoms with E-state index in [1.807, 2.05) is 0 Å². The third-order valence-corrected chi connectivity index (χ3v) is 8.08. The number of benzene rings is 2. The van der Waals surface area contributed by atoms with Gasteiger partial charge in [-0.15, -0.1) is 0 Å². The van der Waals surface area contributed by atoms with Gasteiger partial charge in [0, 0.05) is 33.7 Å². The zero-order chi connectivity index (χ0) is 18.0. The lowest BCUT2D eigenvalue weighted by molar-refractivity contribution is -0.119. The fourth-order valence-electron chi connectivity index (χ4n) is 6.84. The average Bonchev–Trinajstić information content (AvgIpc) is 3.10. The van der Waals surface area contributed by atoms with Crippen molar-refractivity contribution in [3.63, 3.8) is 0 Å². The molecule has 0 amide bonds. The average molecular weight is 345 g/mol. The number of aromatic amines is 1. The predicted molar refractivity (Wildman–Crippen MR) is 107 cm³/mol. The Balaban J connectivity index is 1.73. The molecule has 134 valence electrons. The van der Waals surface area contributed by atoms with Crippen LogP contribution < -0.4 is 4.74 Å². The molecular formula is C24H27NO. The molecule has 4 atom stereocenters. The maximum atomic E-state index is 6.78. The van der Waals surface area contributed by atoms with Crippen molar-refractivity contribution in [1.82, 2.24) is 4.98 Å². The lowest BCUT2D eigenvalue weighted by Gasteiger charge is -2.62. The van der Waals surface area contributed by atoms with Crippen LogP contribution in [-0.2, 0) is 0 Å². The molecule has 0 radical (unpaired) electrons. The highest BCUT2D eigenvalue weighted by Gasteiger charge is 2.69. The van der Waals surface area contributed by atoms with Gasteiger partial charge < -0.3 is 9.72 Å². The van der Waals surface area contributed by atoms with Crippen molar-refractivity contribution in [3.05, 3.63) is 41.0 Å². The highest BCUT2D eigenvalue weighted by atomic mass is 16.5. The fraction of sp³-hybridized carbons (Fsp3) is 0.500. The molecule has 3 aromatic rings. The minimum absolute atomic E-state index is 0.0267. The Kier molecular flexibility index (Phi) is 2.50. The van der Waals surface area contributed by atoms with E-state index in [1.165, 1.54) is 51.3 Å². The summed E-state index contributed by atoms with van der Waals surface area (Å²) in [5.41, 5.74) is 7.01. The molecule has 2 nitrogen and oxygen atoms in total. The molecule has 2 heteroatoms. The van der Waals surface area contributed by atoms with Crippen molar-refractivity contribution in [3.8, 4) is 5.75 Å². The van der Waals surface area contributed by atoms with Gasteiger partial charge >= 0.3 is 0 Å². The highest BCUT2D eigenvalue weighted by Crippen LogP contribution is 2.74. The summed E-state index contributed by atoms with van der Waals surface area (Å²) in [4.78, 5) is 3.77. The maximum Gasteiger partial charge on any atom is 0.128 e. The van der Waals surface area contributed by atoms with Gasteiger partial charge in [-0.1, -0.05) is 25.5 Å². The SMILES string of the molecule is Cc1ccc2[nH]c3c4c(c(C)cc3c2c1)O[C@]1(C)CC[C@@H]2[C@@H]1[C@@H]4C2(C)C. The van der Waals surface area contributed by atoms with Gasteiger partial charge in [-0.05, 0) is 68.7 Å². The fourth-order valence-corrected chi connectivity index (χ4v) is 6.84. The van der Waals surface area contributed by atoms with Crippen LogP contribution in [0.4, 0.5) is 0 Å². The van der Waals surface area contributed by atoms with E-state index in [2.05, 4.69) is 63.9 Å². The first-order valence-electron chi connectivity index (χ1n) is 10.1. The summed E-state index contributed by atoms with van der Waals surface area (Å²) in [6.45, 7) is 11.7. The molecule has 1 N–H and O–H groups in total. The number of fused-ring (bicyclic) bond motifs is 6. The molecule has 1 aromatic heterocycles. The van der Waals surface area contributed by atoms with E-state index < -0.39 is 0 Å². The molecule has 1 aliphatic heterocycles. The van der Waals surface area contributed by atoms with E-state index >= 15 is 0 Å². The lowest BCUT2D eigenvalue weighted by Crippen LogP contribution is -2.59. The van der Waals surface area contributed by atoms with Crippen LogP contribution in [0, 0.1) is 31.1 Å². The molecule has 2 saturated carbocycles. The molecule has 26 heavy (non-hydrogen) atoms. The van der Waals surface area contributed by atoms with Crippen LogP contribution in [0.5, 0.6) is 5.75 Å². The van der Waals surface area contributed by atoms with Gasteiger partial charge in [0.2, 0.25) is 0 Å². The minimum atomic E-state index is 0.0267. The molecule has 0 saturated heterocycles. The Labute approximate surface area is 154 Å². The van der Waals surface area contributed by atoms with E-state index in [4.69, 9.17) is 4.74 Å². The normalized spacial score (nSPS) is 33.7. The largest absolute Gasteiger partial charge is 0.487 e. The number of hydrogen-bond donors (Lipinski definition) is 1. The Hall–Kier alpha value is -1.96. The standard InChI is InChI=1S/C24H27NO/c1-12-6-7-17-14(10-12)15-11-13(2)22-18(21(15)25-17)20-19-16(23(20,3)4)8-9-24(19,5)26-22/h6-7,10-11,16,19-20,25H,8-9H2,1-5H3/t16-,19-,20-,24-/m1/s1. The first kappa shape index (κ1) is 15.1. The summed E-state index contributed by atoms with van der Waals surface area (Å²) in [5, 5.41) is 2.71. The maximum absolute atomic E-state index is 6.78. The Morgan fingerprint density at radius 1 is 1.08 bits per heavy atom. The lowest BCUT2D eigenvalue weighted by atomic mass is 9.45. The van der Waals surface area contributed by atoms with Gasteiger partial charge in [-0.2, -0.15) is 0 Å². The molecule has 0 unspecified atom stereocenters. The number of hydrogen-bond acceptors (Lipinski definition) is 1. The molecule has 0 bridgehead atoms. The number of rotatable bonds is 0. The summed E-state index contributed by atoms with van der Waals surface area (Å²) < 4.78 is 6.78. The zero-order valence-corrected chi connectivity index (χ0v) is 16.4. The van der Waals surface area contributed by atoms with E-state index in [0.717, 1.165) is 11.7 Å². The molecule has 3 aliphatic rings. The number of H-pyrrole nitrogens is 1. The third-order valence-electron chi connectivity index (χ3n) is 8.08. The van der Waals surface area contributed by atoms with Crippen molar-refractivity contribution in [2.75, 3.05) is 0 Å². The van der Waals surface area contributed by atoms with Crippen LogP contribution in [0.1, 0.15) is 56.2 Å². The second kappa shape index (κ2) is 4.30. The number of aryl methyl sites for hydroxylation is 2. The van der Waals surface area contributed by atoms with Crippen molar-refractivity contribution < 1.29 is 4.74 Å². The summed E-state index contributed by atoms with van der Waals surface area (Å²) in [6, 6.07) is 9.08. The van der Waals surface area contributed by atoms with Gasteiger partial charge in [0.1, 0.15) is 11.4 Å². The van der Waals surface area contributed by atoms with Crippen LogP contribution >= 0.6 is 0 Å². The van der Waals surface area contributed by atoms with Crippen LogP contribution in [0.3, 0.4) is 0 Å². The summed E-state index contributed by atoms with van der Waals surface area (Å²) >= 11 is 0. The van der Waals surface area contributed by atoms with Crippen LogP contribution in [0.25, 0.3) is 21.8 Å². The zero-order valence-electron chi connectivity index (χ0n) is 16.4. The van der Waals surface area contributed by atoms with Gasteiger partial charge in [-0.3, -0.25) is 0 Å². The molecule has 2 aliphatic carbocycles. The Morgan fingerprint density at radius 3 is 2.69 bits per heavy atom. The van der Waals surface area contributed by atoms with E-state index in [0.29, 0.717) is 17.3 Å². The van der Waals surface area contributed by atoms with Crippen LogP contribution in [-0.4, -0.2) is 10.6 Å². The Bertz CT molecular complexity index is 1100. The van der Waals surface area contributed by atoms with E-state index in [-0.39, 0.29) is 5.60 Å². The van der Waals surface area contributed by atoms with E-state index in [9.17, 15) is 0 Å². The molecule has 2 heterocycles. The Morgan fingerprint density at radius 2 is 1.88 bits per heavy atom. The number of aromatic nitrogens is 1. The molecular weight excluding hydrogens is 318 g/mol. The van der Waals surface area contributed by atoms with Crippen molar-refractivity contribution >= 4 is 21.8 Å². The van der Waals surface area contributed by atoms with Crippen LogP contribution in [0.15, 0.2) is 24.3 Å².